The molecule has 0 aromatic carbocycles. The summed E-state index contributed by atoms with van der Waals surface area (Å²) in [6.45, 7) is 6.14. The van der Waals surface area contributed by atoms with E-state index in [2.05, 4.69) is 4.74 Å². The zero-order valence-electron chi connectivity index (χ0n) is 11.5. The molecule has 0 N–H and O–H groups in total. The maximum absolute atomic E-state index is 13.7. The van der Waals surface area contributed by atoms with Crippen molar-refractivity contribution < 1.29 is 27.8 Å². The van der Waals surface area contributed by atoms with Crippen LogP contribution in [-0.2, 0) is 14.3 Å². The maximum Gasteiger partial charge on any atom is 0.411 e. The molecule has 1 rings (SSSR count). The number of carbonyl (C=O) groups excluding carboxylic acids is 2. The topological polar surface area (TPSA) is 55.8 Å². The first-order valence-corrected chi connectivity index (χ1v) is 6.12. The second kappa shape index (κ2) is 5.30. The third-order valence-corrected chi connectivity index (χ3v) is 2.54. The minimum absolute atomic E-state index is 0.0203. The van der Waals surface area contributed by atoms with Crippen molar-refractivity contribution in [3.8, 4) is 0 Å². The number of esters is 1. The van der Waals surface area contributed by atoms with Crippen LogP contribution >= 0.6 is 0 Å². The van der Waals surface area contributed by atoms with E-state index < -0.39 is 36.0 Å². The zero-order chi connectivity index (χ0) is 14.8. The highest BCUT2D eigenvalue weighted by atomic mass is 19.3. The Morgan fingerprint density at radius 2 is 1.95 bits per heavy atom. The van der Waals surface area contributed by atoms with E-state index in [1.165, 1.54) is 6.92 Å². The quantitative estimate of drug-likeness (QED) is 0.727. The molecule has 110 valence electrons. The van der Waals surface area contributed by atoms with Crippen LogP contribution in [-0.4, -0.2) is 47.7 Å². The van der Waals surface area contributed by atoms with Crippen molar-refractivity contribution in [1.29, 1.82) is 0 Å². The SMILES string of the molecule is CCOC(=O)C1N(C(=O)OC(C)(C)C)CCC1(F)F. The van der Waals surface area contributed by atoms with E-state index in [4.69, 9.17) is 4.74 Å². The molecule has 1 heterocycles. The summed E-state index contributed by atoms with van der Waals surface area (Å²) in [7, 11) is 0. The Morgan fingerprint density at radius 1 is 1.37 bits per heavy atom. The lowest BCUT2D eigenvalue weighted by molar-refractivity contribution is -0.158. The van der Waals surface area contributed by atoms with Crippen LogP contribution in [0.1, 0.15) is 34.1 Å². The number of halogens is 2. The highest BCUT2D eigenvalue weighted by Crippen LogP contribution is 2.35. The molecule has 1 atom stereocenters. The monoisotopic (exact) mass is 279 g/mol. The first kappa shape index (κ1) is 15.7. The normalized spacial score (nSPS) is 22.2. The van der Waals surface area contributed by atoms with Crippen LogP contribution in [0.15, 0.2) is 0 Å². The fourth-order valence-electron chi connectivity index (χ4n) is 1.80. The van der Waals surface area contributed by atoms with Crippen LogP contribution in [0.5, 0.6) is 0 Å². The van der Waals surface area contributed by atoms with Gasteiger partial charge in [0.05, 0.1) is 6.61 Å². The van der Waals surface area contributed by atoms with Gasteiger partial charge in [0, 0.05) is 13.0 Å². The molecular formula is C12H19F2NO4. The Kier molecular flexibility index (Phi) is 4.37. The van der Waals surface area contributed by atoms with E-state index in [0.29, 0.717) is 0 Å². The Labute approximate surface area is 110 Å². The molecule has 1 amide bonds. The first-order valence-electron chi connectivity index (χ1n) is 6.12. The smallest absolute Gasteiger partial charge is 0.411 e. The molecule has 19 heavy (non-hydrogen) atoms. The Balaban J connectivity index is 2.88. The number of amides is 1. The number of rotatable bonds is 2. The average molecular weight is 279 g/mol. The summed E-state index contributed by atoms with van der Waals surface area (Å²) < 4.78 is 37.0. The van der Waals surface area contributed by atoms with Gasteiger partial charge in [0.2, 0.25) is 0 Å². The van der Waals surface area contributed by atoms with Gasteiger partial charge in [0.1, 0.15) is 5.60 Å². The second-order valence-corrected chi connectivity index (χ2v) is 5.34. The predicted octanol–water partition coefficient (Wildman–Crippen LogP) is 2.19. The third kappa shape index (κ3) is 3.78. The van der Waals surface area contributed by atoms with Gasteiger partial charge in [-0.05, 0) is 27.7 Å². The van der Waals surface area contributed by atoms with Crippen LogP contribution in [0.4, 0.5) is 13.6 Å². The molecule has 0 aliphatic carbocycles. The second-order valence-electron chi connectivity index (χ2n) is 5.34. The molecule has 1 saturated heterocycles. The maximum atomic E-state index is 13.7. The summed E-state index contributed by atoms with van der Waals surface area (Å²) in [4.78, 5) is 24.2. The molecule has 0 aromatic rings. The Hall–Kier alpha value is -1.40. The molecule has 0 bridgehead atoms. The van der Waals surface area contributed by atoms with Crippen molar-refractivity contribution in [2.45, 2.75) is 51.7 Å². The number of nitrogens with zero attached hydrogens (tertiary/aromatic N) is 1. The molecule has 0 saturated carbocycles. The molecular weight excluding hydrogens is 260 g/mol. The molecule has 7 heteroatoms. The molecule has 1 aliphatic heterocycles. The molecule has 1 unspecified atom stereocenters. The van der Waals surface area contributed by atoms with Gasteiger partial charge in [-0.1, -0.05) is 0 Å². The number of hydrogen-bond acceptors (Lipinski definition) is 4. The van der Waals surface area contributed by atoms with Crippen LogP contribution in [0.25, 0.3) is 0 Å². The first-order chi connectivity index (χ1) is 8.58. The highest BCUT2D eigenvalue weighted by Gasteiger charge is 2.56. The molecule has 0 aromatic heterocycles. The van der Waals surface area contributed by atoms with Gasteiger partial charge in [-0.25, -0.2) is 18.4 Å². The summed E-state index contributed by atoms with van der Waals surface area (Å²) in [5.74, 6) is -4.39. The van der Waals surface area contributed by atoms with Gasteiger partial charge in [0.15, 0.2) is 6.04 Å². The number of carbonyl (C=O) groups is 2. The van der Waals surface area contributed by atoms with E-state index in [1.807, 2.05) is 0 Å². The molecule has 0 radical (unpaired) electrons. The summed E-state index contributed by atoms with van der Waals surface area (Å²) in [6, 6.07) is -1.90. The highest BCUT2D eigenvalue weighted by molar-refractivity contribution is 5.83. The summed E-state index contributed by atoms with van der Waals surface area (Å²) in [5, 5.41) is 0. The summed E-state index contributed by atoms with van der Waals surface area (Å²) in [5.41, 5.74) is -0.811. The predicted molar refractivity (Wildman–Crippen MR) is 62.9 cm³/mol. The van der Waals surface area contributed by atoms with Crippen LogP contribution in [0, 0.1) is 0 Å². The van der Waals surface area contributed by atoms with Crippen molar-refractivity contribution in [3.05, 3.63) is 0 Å². The summed E-state index contributed by atoms with van der Waals surface area (Å²) in [6.07, 6.45) is -1.50. The van der Waals surface area contributed by atoms with E-state index in [-0.39, 0.29) is 13.2 Å². The summed E-state index contributed by atoms with van der Waals surface area (Å²) >= 11 is 0. The van der Waals surface area contributed by atoms with Crippen molar-refractivity contribution in [1.82, 2.24) is 4.90 Å². The molecule has 5 nitrogen and oxygen atoms in total. The molecule has 0 spiro atoms. The fraction of sp³-hybridized carbons (Fsp3) is 0.833. The lowest BCUT2D eigenvalue weighted by atomic mass is 10.1. The van der Waals surface area contributed by atoms with E-state index >= 15 is 0 Å². The van der Waals surface area contributed by atoms with Crippen molar-refractivity contribution in [3.63, 3.8) is 0 Å². The third-order valence-electron chi connectivity index (χ3n) is 2.54. The lowest BCUT2D eigenvalue weighted by Gasteiger charge is -2.28. The van der Waals surface area contributed by atoms with Crippen LogP contribution in [0.2, 0.25) is 0 Å². The largest absolute Gasteiger partial charge is 0.464 e. The van der Waals surface area contributed by atoms with E-state index in [9.17, 15) is 18.4 Å². The van der Waals surface area contributed by atoms with Gasteiger partial charge < -0.3 is 9.47 Å². The van der Waals surface area contributed by atoms with Gasteiger partial charge >= 0.3 is 12.1 Å². The van der Waals surface area contributed by atoms with Gasteiger partial charge in [-0.3, -0.25) is 4.90 Å². The fourth-order valence-corrected chi connectivity index (χ4v) is 1.80. The van der Waals surface area contributed by atoms with Gasteiger partial charge in [-0.15, -0.1) is 0 Å². The van der Waals surface area contributed by atoms with Gasteiger partial charge in [0.25, 0.3) is 5.92 Å². The minimum Gasteiger partial charge on any atom is -0.464 e. The number of alkyl halides is 2. The standard InChI is InChI=1S/C12H19F2NO4/c1-5-18-9(16)8-12(13,14)6-7-15(8)10(17)19-11(2,3)4/h8H,5-7H2,1-4H3. The minimum atomic E-state index is -3.29. The van der Waals surface area contributed by atoms with Crippen LogP contribution < -0.4 is 0 Å². The molecule has 1 aliphatic rings. The number of likely N-dealkylation sites (tertiary alicyclic amines) is 1. The van der Waals surface area contributed by atoms with Gasteiger partial charge in [-0.2, -0.15) is 0 Å². The lowest BCUT2D eigenvalue weighted by Crippen LogP contribution is -2.50. The number of ether oxygens (including phenoxy) is 2. The van der Waals surface area contributed by atoms with Crippen LogP contribution in [0.3, 0.4) is 0 Å². The Morgan fingerprint density at radius 3 is 2.42 bits per heavy atom. The van der Waals surface area contributed by atoms with Crippen molar-refractivity contribution >= 4 is 12.1 Å². The van der Waals surface area contributed by atoms with E-state index in [0.717, 1.165) is 4.90 Å². The average Bonchev–Trinajstić information content (AvgIpc) is 2.51. The van der Waals surface area contributed by atoms with Crippen molar-refractivity contribution in [2.75, 3.05) is 13.2 Å². The molecule has 1 fully saturated rings. The Bertz CT molecular complexity index is 365. The number of hydrogen-bond donors (Lipinski definition) is 0. The van der Waals surface area contributed by atoms with Crippen molar-refractivity contribution in [2.24, 2.45) is 0 Å². The zero-order valence-corrected chi connectivity index (χ0v) is 11.5. The van der Waals surface area contributed by atoms with E-state index in [1.54, 1.807) is 20.8 Å².